The highest BCUT2D eigenvalue weighted by atomic mass is 16.3. The minimum absolute atomic E-state index is 0.103. The van der Waals surface area contributed by atoms with Crippen molar-refractivity contribution >= 4 is 0 Å². The predicted molar refractivity (Wildman–Crippen MR) is 120 cm³/mol. The third kappa shape index (κ3) is 3.78. The van der Waals surface area contributed by atoms with E-state index in [0.717, 1.165) is 42.9 Å². The molecule has 8 atom stereocenters. The first-order valence-corrected chi connectivity index (χ1v) is 12.3. The van der Waals surface area contributed by atoms with Gasteiger partial charge in [-0.2, -0.15) is 0 Å². The fraction of sp³-hybridized carbons (Fsp3) is 0.852. The van der Waals surface area contributed by atoms with Crippen LogP contribution in [0.4, 0.5) is 0 Å². The van der Waals surface area contributed by atoms with E-state index < -0.39 is 5.60 Å². The molecule has 1 unspecified atom stereocenters. The first-order valence-electron chi connectivity index (χ1n) is 12.3. The van der Waals surface area contributed by atoms with Gasteiger partial charge in [-0.1, -0.05) is 44.6 Å². The number of hydrogen-bond acceptors (Lipinski definition) is 2. The maximum absolute atomic E-state index is 10.2. The van der Waals surface area contributed by atoms with Crippen LogP contribution in [0.25, 0.3) is 0 Å². The molecule has 3 saturated carbocycles. The summed E-state index contributed by atoms with van der Waals surface area (Å²) in [6.07, 6.45) is 17.6. The molecule has 4 aliphatic rings. The fourth-order valence-electron chi connectivity index (χ4n) is 8.35. The SMILES string of the molecule is C[C@H](CC=CC(C)(C)O)[C@H]1CC[C@H]2[C@@H]3CC=C4CC(O)CC[C@]4(C)[C@H]3CC[C@]12C. The van der Waals surface area contributed by atoms with E-state index in [1.807, 2.05) is 19.9 Å². The van der Waals surface area contributed by atoms with Gasteiger partial charge in [-0.25, -0.2) is 0 Å². The summed E-state index contributed by atoms with van der Waals surface area (Å²) in [6.45, 7) is 11.3. The molecular formula is C27H44O2. The van der Waals surface area contributed by atoms with E-state index in [2.05, 4.69) is 32.9 Å². The van der Waals surface area contributed by atoms with Crippen LogP contribution in [-0.4, -0.2) is 21.9 Å². The predicted octanol–water partition coefficient (Wildman–Crippen LogP) is 6.28. The molecule has 0 bridgehead atoms. The van der Waals surface area contributed by atoms with Gasteiger partial charge >= 0.3 is 0 Å². The Bertz CT molecular complexity index is 671. The quantitative estimate of drug-likeness (QED) is 0.545. The molecule has 4 aliphatic carbocycles. The lowest BCUT2D eigenvalue weighted by Gasteiger charge is -2.58. The van der Waals surface area contributed by atoms with Crippen molar-refractivity contribution in [2.45, 2.75) is 104 Å². The average molecular weight is 401 g/mol. The van der Waals surface area contributed by atoms with Crippen molar-refractivity contribution in [1.29, 1.82) is 0 Å². The molecule has 0 aromatic rings. The largest absolute Gasteiger partial charge is 0.393 e. The molecule has 164 valence electrons. The molecule has 0 heterocycles. The van der Waals surface area contributed by atoms with Crippen molar-refractivity contribution in [3.05, 3.63) is 23.8 Å². The van der Waals surface area contributed by atoms with E-state index >= 15 is 0 Å². The zero-order valence-electron chi connectivity index (χ0n) is 19.5. The molecule has 0 aromatic carbocycles. The Labute approximate surface area is 178 Å². The Morgan fingerprint density at radius 3 is 2.62 bits per heavy atom. The first kappa shape index (κ1) is 21.6. The van der Waals surface area contributed by atoms with Gasteiger partial charge in [0.15, 0.2) is 0 Å². The van der Waals surface area contributed by atoms with Gasteiger partial charge in [0.25, 0.3) is 0 Å². The van der Waals surface area contributed by atoms with Crippen LogP contribution in [0.1, 0.15) is 92.4 Å². The number of hydrogen-bond donors (Lipinski definition) is 2. The van der Waals surface area contributed by atoms with Crippen molar-refractivity contribution in [2.24, 2.45) is 40.4 Å². The van der Waals surface area contributed by atoms with E-state index in [4.69, 9.17) is 0 Å². The van der Waals surface area contributed by atoms with E-state index in [1.54, 1.807) is 5.57 Å². The lowest BCUT2D eigenvalue weighted by atomic mass is 9.47. The minimum atomic E-state index is -0.699. The third-order valence-electron chi connectivity index (χ3n) is 9.87. The smallest absolute Gasteiger partial charge is 0.0771 e. The topological polar surface area (TPSA) is 40.5 Å². The number of aliphatic hydroxyl groups is 2. The molecule has 4 rings (SSSR count). The van der Waals surface area contributed by atoms with Crippen LogP contribution < -0.4 is 0 Å². The van der Waals surface area contributed by atoms with Crippen molar-refractivity contribution in [3.63, 3.8) is 0 Å². The summed E-state index contributed by atoms with van der Waals surface area (Å²) >= 11 is 0. The standard InChI is InChI=1S/C27H44O2/c1-18(7-6-14-25(2,3)29)22-10-11-23-21-9-8-19-17-20(28)12-15-26(19,4)24(21)13-16-27(22,23)5/h6,8,14,18,20-24,28-29H,7,9-13,15-17H2,1-5H3/t18-,20?,21+,22-,23+,24+,26+,27-/m1/s1. The Balaban J connectivity index is 1.51. The number of allylic oxidation sites excluding steroid dienone is 2. The Kier molecular flexibility index (Phi) is 5.61. The number of aliphatic hydroxyl groups excluding tert-OH is 1. The summed E-state index contributed by atoms with van der Waals surface area (Å²) < 4.78 is 0. The zero-order chi connectivity index (χ0) is 21.0. The van der Waals surface area contributed by atoms with E-state index in [-0.39, 0.29) is 6.10 Å². The fourth-order valence-corrected chi connectivity index (χ4v) is 8.35. The highest BCUT2D eigenvalue weighted by Crippen LogP contribution is 2.67. The maximum atomic E-state index is 10.2. The zero-order valence-corrected chi connectivity index (χ0v) is 19.5. The molecule has 29 heavy (non-hydrogen) atoms. The normalized spacial score (nSPS) is 46.0. The van der Waals surface area contributed by atoms with Crippen molar-refractivity contribution in [1.82, 2.24) is 0 Å². The highest BCUT2D eigenvalue weighted by Gasteiger charge is 2.59. The average Bonchev–Trinajstić information content (AvgIpc) is 2.98. The van der Waals surface area contributed by atoms with Gasteiger partial charge in [-0.3, -0.25) is 0 Å². The van der Waals surface area contributed by atoms with Gasteiger partial charge in [0.05, 0.1) is 11.7 Å². The van der Waals surface area contributed by atoms with Crippen molar-refractivity contribution in [3.8, 4) is 0 Å². The summed E-state index contributed by atoms with van der Waals surface area (Å²) in [4.78, 5) is 0. The van der Waals surface area contributed by atoms with Gasteiger partial charge < -0.3 is 10.2 Å². The first-order chi connectivity index (χ1) is 13.5. The molecule has 2 N–H and O–H groups in total. The Hall–Kier alpha value is -0.600. The van der Waals surface area contributed by atoms with Crippen molar-refractivity contribution in [2.75, 3.05) is 0 Å². The molecule has 2 heteroatoms. The van der Waals surface area contributed by atoms with E-state index in [1.165, 1.54) is 38.5 Å². The van der Waals surface area contributed by atoms with Crippen LogP contribution in [0.3, 0.4) is 0 Å². The van der Waals surface area contributed by atoms with Crippen LogP contribution in [0.2, 0.25) is 0 Å². The second-order valence-corrected chi connectivity index (χ2v) is 12.2. The van der Waals surface area contributed by atoms with Crippen molar-refractivity contribution < 1.29 is 10.2 Å². The second kappa shape index (κ2) is 7.52. The van der Waals surface area contributed by atoms with Gasteiger partial charge in [-0.05, 0) is 112 Å². The summed E-state index contributed by atoms with van der Waals surface area (Å²) in [6, 6.07) is 0. The summed E-state index contributed by atoms with van der Waals surface area (Å²) in [5, 5.41) is 20.2. The monoisotopic (exact) mass is 400 g/mol. The molecule has 0 aliphatic heterocycles. The molecule has 0 amide bonds. The Morgan fingerprint density at radius 2 is 1.90 bits per heavy atom. The molecular weight excluding hydrogens is 356 g/mol. The lowest BCUT2D eigenvalue weighted by molar-refractivity contribution is -0.0565. The molecule has 0 aromatic heterocycles. The molecule has 0 spiro atoms. The van der Waals surface area contributed by atoms with Gasteiger partial charge in [0.2, 0.25) is 0 Å². The molecule has 0 radical (unpaired) electrons. The van der Waals surface area contributed by atoms with E-state index in [9.17, 15) is 10.2 Å². The van der Waals surface area contributed by atoms with Gasteiger partial charge in [0.1, 0.15) is 0 Å². The number of rotatable bonds is 4. The number of fused-ring (bicyclic) bond motifs is 5. The molecule has 2 nitrogen and oxygen atoms in total. The Morgan fingerprint density at radius 1 is 1.14 bits per heavy atom. The molecule has 0 saturated heterocycles. The molecule has 3 fully saturated rings. The maximum Gasteiger partial charge on any atom is 0.0771 e. The van der Waals surface area contributed by atoms with Crippen LogP contribution in [0.5, 0.6) is 0 Å². The van der Waals surface area contributed by atoms with Crippen LogP contribution >= 0.6 is 0 Å². The summed E-state index contributed by atoms with van der Waals surface area (Å²) in [5.41, 5.74) is 1.72. The van der Waals surface area contributed by atoms with Crippen LogP contribution in [-0.2, 0) is 0 Å². The second-order valence-electron chi connectivity index (χ2n) is 12.2. The summed E-state index contributed by atoms with van der Waals surface area (Å²) in [7, 11) is 0. The lowest BCUT2D eigenvalue weighted by Crippen LogP contribution is -2.50. The summed E-state index contributed by atoms with van der Waals surface area (Å²) in [5.74, 6) is 4.05. The van der Waals surface area contributed by atoms with Gasteiger partial charge in [0, 0.05) is 0 Å². The van der Waals surface area contributed by atoms with Crippen LogP contribution in [0, 0.1) is 40.4 Å². The van der Waals surface area contributed by atoms with Crippen LogP contribution in [0.15, 0.2) is 23.8 Å². The van der Waals surface area contributed by atoms with E-state index in [0.29, 0.717) is 16.7 Å². The third-order valence-corrected chi connectivity index (χ3v) is 9.87. The highest BCUT2D eigenvalue weighted by molar-refractivity contribution is 5.25. The minimum Gasteiger partial charge on any atom is -0.393 e. The van der Waals surface area contributed by atoms with Gasteiger partial charge in [-0.15, -0.1) is 0 Å².